The van der Waals surface area contributed by atoms with Gasteiger partial charge in [0.2, 0.25) is 0 Å². The first-order valence-corrected chi connectivity index (χ1v) is 9.72. The van der Waals surface area contributed by atoms with Crippen LogP contribution in [-0.2, 0) is 0 Å². The Balaban J connectivity index is 1.65. The minimum absolute atomic E-state index is 0.0765. The maximum absolute atomic E-state index is 12.4. The van der Waals surface area contributed by atoms with Gasteiger partial charge in [-0.1, -0.05) is 31.7 Å². The third kappa shape index (κ3) is 4.72. The Morgan fingerprint density at radius 3 is 2.72 bits per heavy atom. The normalized spacial score (nSPS) is 15.4. The van der Waals surface area contributed by atoms with Gasteiger partial charge < -0.3 is 15.4 Å². The molecule has 0 radical (unpaired) electrons. The maximum Gasteiger partial charge on any atom is 0.271 e. The SMILES string of the molecule is COc1ccc(C)cc1Nc1nc(C(=O)NC2CCCCCC2)cs1. The van der Waals surface area contributed by atoms with E-state index in [0.29, 0.717) is 10.8 Å². The predicted molar refractivity (Wildman–Crippen MR) is 102 cm³/mol. The Kier molecular flexibility index (Phi) is 5.91. The molecule has 1 aliphatic carbocycles. The molecule has 134 valence electrons. The van der Waals surface area contributed by atoms with Crippen LogP contribution in [0.15, 0.2) is 23.6 Å². The van der Waals surface area contributed by atoms with Gasteiger partial charge in [-0.25, -0.2) is 4.98 Å². The van der Waals surface area contributed by atoms with E-state index in [-0.39, 0.29) is 11.9 Å². The Morgan fingerprint density at radius 2 is 2.00 bits per heavy atom. The molecule has 1 aliphatic rings. The Bertz CT molecular complexity index is 721. The van der Waals surface area contributed by atoms with Gasteiger partial charge in [-0.2, -0.15) is 0 Å². The maximum atomic E-state index is 12.4. The average molecular weight is 359 g/mol. The molecule has 6 heteroatoms. The van der Waals surface area contributed by atoms with E-state index in [2.05, 4.69) is 15.6 Å². The number of hydrogen-bond acceptors (Lipinski definition) is 5. The molecule has 2 N–H and O–H groups in total. The first-order valence-electron chi connectivity index (χ1n) is 8.84. The smallest absolute Gasteiger partial charge is 0.271 e. The Hall–Kier alpha value is -2.08. The summed E-state index contributed by atoms with van der Waals surface area (Å²) in [4.78, 5) is 16.9. The molecule has 3 rings (SSSR count). The van der Waals surface area contributed by atoms with Crippen LogP contribution >= 0.6 is 11.3 Å². The summed E-state index contributed by atoms with van der Waals surface area (Å²) in [5.74, 6) is 0.678. The lowest BCUT2D eigenvalue weighted by Gasteiger charge is -2.15. The van der Waals surface area contributed by atoms with Crippen molar-refractivity contribution in [2.24, 2.45) is 0 Å². The summed E-state index contributed by atoms with van der Waals surface area (Å²) >= 11 is 1.43. The quantitative estimate of drug-likeness (QED) is 0.762. The summed E-state index contributed by atoms with van der Waals surface area (Å²) in [6.07, 6.45) is 7.08. The van der Waals surface area contributed by atoms with Crippen molar-refractivity contribution in [3.05, 3.63) is 34.8 Å². The van der Waals surface area contributed by atoms with E-state index >= 15 is 0 Å². The van der Waals surface area contributed by atoms with Gasteiger partial charge in [0.1, 0.15) is 11.4 Å². The van der Waals surface area contributed by atoms with Crippen molar-refractivity contribution in [1.29, 1.82) is 0 Å². The van der Waals surface area contributed by atoms with E-state index in [4.69, 9.17) is 4.74 Å². The van der Waals surface area contributed by atoms with Gasteiger partial charge in [-0.3, -0.25) is 4.79 Å². The fourth-order valence-corrected chi connectivity index (χ4v) is 3.86. The van der Waals surface area contributed by atoms with Gasteiger partial charge in [0.15, 0.2) is 5.13 Å². The first kappa shape index (κ1) is 17.7. The molecule has 1 saturated carbocycles. The average Bonchev–Trinajstić information content (AvgIpc) is 2.91. The summed E-state index contributed by atoms with van der Waals surface area (Å²) in [6, 6.07) is 6.21. The van der Waals surface area contributed by atoms with Crippen LogP contribution in [0.2, 0.25) is 0 Å². The lowest BCUT2D eigenvalue weighted by molar-refractivity contribution is 0.0929. The number of thiazole rings is 1. The van der Waals surface area contributed by atoms with E-state index in [1.165, 1.54) is 37.0 Å². The van der Waals surface area contributed by atoms with E-state index in [0.717, 1.165) is 29.8 Å². The second-order valence-electron chi connectivity index (χ2n) is 6.53. The molecule has 1 heterocycles. The molecule has 0 spiro atoms. The third-order valence-corrected chi connectivity index (χ3v) is 5.28. The predicted octanol–water partition coefficient (Wildman–Crippen LogP) is 4.66. The molecule has 0 saturated heterocycles. The molecular weight excluding hydrogens is 334 g/mol. The first-order chi connectivity index (χ1) is 12.2. The molecule has 25 heavy (non-hydrogen) atoms. The summed E-state index contributed by atoms with van der Waals surface area (Å²) in [7, 11) is 1.64. The zero-order valence-electron chi connectivity index (χ0n) is 14.8. The molecule has 0 bridgehead atoms. The van der Waals surface area contributed by atoms with Crippen molar-refractivity contribution in [3.8, 4) is 5.75 Å². The van der Waals surface area contributed by atoms with Gasteiger partial charge in [-0.15, -0.1) is 11.3 Å². The van der Waals surface area contributed by atoms with E-state index in [1.807, 2.05) is 25.1 Å². The number of methoxy groups -OCH3 is 1. The van der Waals surface area contributed by atoms with Crippen LogP contribution in [0.4, 0.5) is 10.8 Å². The number of anilines is 2. The fourth-order valence-electron chi connectivity index (χ4n) is 3.15. The van der Waals surface area contributed by atoms with Crippen LogP contribution < -0.4 is 15.4 Å². The summed E-state index contributed by atoms with van der Waals surface area (Å²) in [5.41, 5.74) is 2.46. The minimum atomic E-state index is -0.0765. The molecule has 1 fully saturated rings. The molecule has 2 aromatic rings. The van der Waals surface area contributed by atoms with Crippen LogP contribution in [0.5, 0.6) is 5.75 Å². The van der Waals surface area contributed by atoms with Crippen molar-refractivity contribution in [1.82, 2.24) is 10.3 Å². The monoisotopic (exact) mass is 359 g/mol. The van der Waals surface area contributed by atoms with Crippen LogP contribution in [0.3, 0.4) is 0 Å². The zero-order chi connectivity index (χ0) is 17.6. The highest BCUT2D eigenvalue weighted by Crippen LogP contribution is 2.30. The number of ether oxygens (including phenoxy) is 1. The summed E-state index contributed by atoms with van der Waals surface area (Å²) in [5, 5.41) is 8.88. The lowest BCUT2D eigenvalue weighted by atomic mass is 10.1. The number of carbonyl (C=O) groups excluding carboxylic acids is 1. The van der Waals surface area contributed by atoms with Crippen LogP contribution in [0, 0.1) is 6.92 Å². The summed E-state index contributed by atoms with van der Waals surface area (Å²) in [6.45, 7) is 2.03. The van der Waals surface area contributed by atoms with Gasteiger partial charge in [0, 0.05) is 11.4 Å². The number of amides is 1. The number of nitrogens with one attached hydrogen (secondary N) is 2. The Morgan fingerprint density at radius 1 is 1.24 bits per heavy atom. The van der Waals surface area contributed by atoms with Gasteiger partial charge in [-0.05, 0) is 37.5 Å². The van der Waals surface area contributed by atoms with E-state index < -0.39 is 0 Å². The Labute approximate surface area is 152 Å². The molecule has 0 atom stereocenters. The number of carbonyl (C=O) groups is 1. The fraction of sp³-hybridized carbons (Fsp3) is 0.474. The van der Waals surface area contributed by atoms with Gasteiger partial charge >= 0.3 is 0 Å². The van der Waals surface area contributed by atoms with Crippen molar-refractivity contribution in [2.45, 2.75) is 51.5 Å². The molecule has 0 unspecified atom stereocenters. The number of benzene rings is 1. The van der Waals surface area contributed by atoms with E-state index in [9.17, 15) is 4.79 Å². The van der Waals surface area contributed by atoms with Crippen molar-refractivity contribution in [3.63, 3.8) is 0 Å². The van der Waals surface area contributed by atoms with Crippen LogP contribution in [0.25, 0.3) is 0 Å². The number of rotatable bonds is 5. The highest BCUT2D eigenvalue weighted by Gasteiger charge is 2.18. The number of aryl methyl sites for hydroxylation is 1. The number of hydrogen-bond donors (Lipinski definition) is 2. The minimum Gasteiger partial charge on any atom is -0.495 e. The molecular formula is C19H25N3O2S. The largest absolute Gasteiger partial charge is 0.495 e. The topological polar surface area (TPSA) is 63.2 Å². The summed E-state index contributed by atoms with van der Waals surface area (Å²) < 4.78 is 5.37. The molecule has 0 aliphatic heterocycles. The number of aromatic nitrogens is 1. The van der Waals surface area contributed by atoms with Crippen molar-refractivity contribution in [2.75, 3.05) is 12.4 Å². The van der Waals surface area contributed by atoms with E-state index in [1.54, 1.807) is 12.5 Å². The molecule has 1 amide bonds. The lowest BCUT2D eigenvalue weighted by Crippen LogP contribution is -2.34. The van der Waals surface area contributed by atoms with Gasteiger partial charge in [0.05, 0.1) is 12.8 Å². The van der Waals surface area contributed by atoms with Crippen molar-refractivity contribution >= 4 is 28.1 Å². The van der Waals surface area contributed by atoms with Crippen LogP contribution in [0.1, 0.15) is 54.6 Å². The molecule has 5 nitrogen and oxygen atoms in total. The second kappa shape index (κ2) is 8.34. The molecule has 1 aromatic carbocycles. The van der Waals surface area contributed by atoms with Crippen LogP contribution in [-0.4, -0.2) is 24.0 Å². The zero-order valence-corrected chi connectivity index (χ0v) is 15.6. The molecule has 1 aromatic heterocycles. The van der Waals surface area contributed by atoms with Gasteiger partial charge in [0.25, 0.3) is 5.91 Å². The highest BCUT2D eigenvalue weighted by atomic mass is 32.1. The highest BCUT2D eigenvalue weighted by molar-refractivity contribution is 7.14. The third-order valence-electron chi connectivity index (χ3n) is 4.52. The standard InChI is InChI=1S/C19H25N3O2S/c1-13-9-10-17(24-2)15(11-13)21-19-22-16(12-25-19)18(23)20-14-7-5-3-4-6-8-14/h9-12,14H,3-8H2,1-2H3,(H,20,23)(H,21,22). The second-order valence-corrected chi connectivity index (χ2v) is 7.39. The van der Waals surface area contributed by atoms with Crippen molar-refractivity contribution < 1.29 is 9.53 Å². The number of nitrogens with zero attached hydrogens (tertiary/aromatic N) is 1.